The van der Waals surface area contributed by atoms with E-state index < -0.39 is 0 Å². The normalized spacial score (nSPS) is 48.3. The lowest BCUT2D eigenvalue weighted by Crippen LogP contribution is -2.69. The molecule has 5 aliphatic rings. The second kappa shape index (κ2) is 8.67. The molecule has 9 unspecified atom stereocenters. The number of hydrogen-bond acceptors (Lipinski definition) is 5. The second-order valence-corrected chi connectivity index (χ2v) is 12.9. The van der Waals surface area contributed by atoms with Crippen LogP contribution < -0.4 is 5.73 Å². The molecule has 1 amide bonds. The van der Waals surface area contributed by atoms with Crippen LogP contribution in [0.25, 0.3) is 0 Å². The Morgan fingerprint density at radius 1 is 0.941 bits per heavy atom. The maximum Gasteiger partial charge on any atom is 0.410 e. The van der Waals surface area contributed by atoms with Crippen LogP contribution in [-0.2, 0) is 14.3 Å². The first-order valence-electron chi connectivity index (χ1n) is 14.0. The summed E-state index contributed by atoms with van der Waals surface area (Å²) >= 11 is 0. The largest absolute Gasteiger partial charge is 0.469 e. The minimum atomic E-state index is -0.306. The van der Waals surface area contributed by atoms with E-state index in [1.165, 1.54) is 13.5 Å². The van der Waals surface area contributed by atoms with Crippen molar-refractivity contribution in [2.75, 3.05) is 20.2 Å². The standard InChI is InChI=1S/C28H46N2O4/c1-18-16-23-21(28(29)13-11-22(24(31)33-4)27(18,28)3)9-8-19-17-20(10-12-26(19,23)2)34-25(32)30-14-6-5-7-15-30/h18-23H,5-17,29H2,1-4H3. The Hall–Kier alpha value is -1.30. The van der Waals surface area contributed by atoms with Gasteiger partial charge in [0.05, 0.1) is 13.0 Å². The number of fused-ring (bicyclic) bond motifs is 5. The van der Waals surface area contributed by atoms with Crippen molar-refractivity contribution in [1.82, 2.24) is 4.90 Å². The number of nitrogens with two attached hydrogens (primary N) is 1. The van der Waals surface area contributed by atoms with Crippen LogP contribution in [-0.4, -0.2) is 48.8 Å². The van der Waals surface area contributed by atoms with Crippen molar-refractivity contribution >= 4 is 12.1 Å². The summed E-state index contributed by atoms with van der Waals surface area (Å²) in [6, 6.07) is 0. The first-order chi connectivity index (χ1) is 16.1. The Morgan fingerprint density at radius 3 is 2.38 bits per heavy atom. The van der Waals surface area contributed by atoms with Crippen molar-refractivity contribution in [3.05, 3.63) is 0 Å². The SMILES string of the molecule is COC(=O)C1CCC2(N)C3CCC4CC(OC(=O)N5CCCCC5)CCC4(C)C3CC(C)C12C. The average molecular weight is 475 g/mol. The maximum atomic E-state index is 12.7. The zero-order valence-electron chi connectivity index (χ0n) is 21.8. The molecule has 0 radical (unpaired) electrons. The summed E-state index contributed by atoms with van der Waals surface area (Å²) in [5, 5.41) is 0. The monoisotopic (exact) mass is 474 g/mol. The summed E-state index contributed by atoms with van der Waals surface area (Å²) in [7, 11) is 1.52. The summed E-state index contributed by atoms with van der Waals surface area (Å²) in [5.41, 5.74) is 7.13. The Kier molecular flexibility index (Phi) is 6.22. The molecule has 0 aromatic heterocycles. The highest BCUT2D eigenvalue weighted by Gasteiger charge is 2.69. The van der Waals surface area contributed by atoms with Crippen LogP contribution >= 0.6 is 0 Å². The number of nitrogens with zero attached hydrogens (tertiary/aromatic N) is 1. The van der Waals surface area contributed by atoms with Gasteiger partial charge in [0, 0.05) is 24.0 Å². The number of carbonyl (C=O) groups excluding carboxylic acids is 2. The summed E-state index contributed by atoms with van der Waals surface area (Å²) in [6.07, 6.45) is 11.6. The van der Waals surface area contributed by atoms with Crippen molar-refractivity contribution < 1.29 is 19.1 Å². The highest BCUT2D eigenvalue weighted by molar-refractivity contribution is 5.74. The third-order valence-electron chi connectivity index (χ3n) is 11.9. The number of amides is 1. The molecule has 1 saturated heterocycles. The second-order valence-electron chi connectivity index (χ2n) is 12.9. The van der Waals surface area contributed by atoms with Crippen LogP contribution in [0.4, 0.5) is 4.79 Å². The minimum Gasteiger partial charge on any atom is -0.469 e. The first-order valence-corrected chi connectivity index (χ1v) is 14.0. The number of likely N-dealkylation sites (tertiary alicyclic amines) is 1. The molecule has 34 heavy (non-hydrogen) atoms. The topological polar surface area (TPSA) is 81.9 Å². The smallest absolute Gasteiger partial charge is 0.410 e. The fourth-order valence-electron chi connectivity index (χ4n) is 9.60. The predicted octanol–water partition coefficient (Wildman–Crippen LogP) is 5.14. The lowest BCUT2D eigenvalue weighted by molar-refractivity contribution is -0.171. The third-order valence-corrected chi connectivity index (χ3v) is 11.9. The Labute approximate surface area is 205 Å². The molecule has 5 fully saturated rings. The summed E-state index contributed by atoms with van der Waals surface area (Å²) in [4.78, 5) is 27.4. The van der Waals surface area contributed by atoms with Crippen LogP contribution in [0.3, 0.4) is 0 Å². The van der Waals surface area contributed by atoms with Gasteiger partial charge in [-0.2, -0.15) is 0 Å². The van der Waals surface area contributed by atoms with E-state index in [0.717, 1.165) is 77.3 Å². The average Bonchev–Trinajstić information content (AvgIpc) is 3.13. The lowest BCUT2D eigenvalue weighted by atomic mass is 9.40. The number of esters is 1. The van der Waals surface area contributed by atoms with Gasteiger partial charge in [0.25, 0.3) is 0 Å². The summed E-state index contributed by atoms with van der Waals surface area (Å²) in [5.74, 6) is 1.84. The minimum absolute atomic E-state index is 0.0531. The number of piperidine rings is 1. The van der Waals surface area contributed by atoms with Gasteiger partial charge in [-0.15, -0.1) is 0 Å². The molecule has 192 valence electrons. The maximum absolute atomic E-state index is 12.7. The van der Waals surface area contributed by atoms with E-state index in [1.54, 1.807) is 0 Å². The van der Waals surface area contributed by atoms with E-state index >= 15 is 0 Å². The van der Waals surface area contributed by atoms with E-state index in [0.29, 0.717) is 23.7 Å². The van der Waals surface area contributed by atoms with Crippen LogP contribution in [0.5, 0.6) is 0 Å². The molecule has 5 rings (SSSR count). The zero-order valence-corrected chi connectivity index (χ0v) is 21.8. The van der Waals surface area contributed by atoms with E-state index in [2.05, 4.69) is 20.8 Å². The molecule has 4 aliphatic carbocycles. The fraction of sp³-hybridized carbons (Fsp3) is 0.929. The van der Waals surface area contributed by atoms with Crippen molar-refractivity contribution in [3.8, 4) is 0 Å². The number of ether oxygens (including phenoxy) is 2. The summed E-state index contributed by atoms with van der Waals surface area (Å²) < 4.78 is 11.3. The van der Waals surface area contributed by atoms with E-state index in [1.807, 2.05) is 4.90 Å². The molecule has 0 spiro atoms. The van der Waals surface area contributed by atoms with Gasteiger partial charge in [-0.3, -0.25) is 4.79 Å². The van der Waals surface area contributed by atoms with Crippen LogP contribution in [0.1, 0.15) is 91.4 Å². The molecule has 1 aliphatic heterocycles. The molecule has 2 N–H and O–H groups in total. The van der Waals surface area contributed by atoms with Gasteiger partial charge in [0.2, 0.25) is 0 Å². The van der Waals surface area contributed by atoms with Gasteiger partial charge in [0.15, 0.2) is 0 Å². The molecule has 6 nitrogen and oxygen atoms in total. The number of methoxy groups -OCH3 is 1. The Bertz CT molecular complexity index is 812. The van der Waals surface area contributed by atoms with Crippen LogP contribution in [0.15, 0.2) is 0 Å². The Morgan fingerprint density at radius 2 is 1.68 bits per heavy atom. The van der Waals surface area contributed by atoms with E-state index in [9.17, 15) is 9.59 Å². The number of rotatable bonds is 2. The van der Waals surface area contributed by atoms with Crippen molar-refractivity contribution in [2.45, 2.75) is 103 Å². The molecule has 6 heteroatoms. The van der Waals surface area contributed by atoms with Gasteiger partial charge in [-0.1, -0.05) is 20.8 Å². The lowest BCUT2D eigenvalue weighted by Gasteiger charge is -2.66. The van der Waals surface area contributed by atoms with Gasteiger partial charge < -0.3 is 20.1 Å². The van der Waals surface area contributed by atoms with Crippen LogP contribution in [0.2, 0.25) is 0 Å². The number of hydrogen-bond donors (Lipinski definition) is 1. The Balaban J connectivity index is 1.32. The van der Waals surface area contributed by atoms with Gasteiger partial charge in [0.1, 0.15) is 6.10 Å². The molecule has 1 heterocycles. The zero-order chi connectivity index (χ0) is 24.3. The molecule has 4 saturated carbocycles. The van der Waals surface area contributed by atoms with Crippen molar-refractivity contribution in [2.24, 2.45) is 46.2 Å². The van der Waals surface area contributed by atoms with Gasteiger partial charge >= 0.3 is 12.1 Å². The molecular weight excluding hydrogens is 428 g/mol. The molecule has 0 aromatic rings. The highest BCUT2D eigenvalue weighted by Crippen LogP contribution is 2.69. The molecule has 9 atom stereocenters. The summed E-state index contributed by atoms with van der Waals surface area (Å²) in [6.45, 7) is 8.81. The van der Waals surface area contributed by atoms with Crippen molar-refractivity contribution in [3.63, 3.8) is 0 Å². The predicted molar refractivity (Wildman–Crippen MR) is 131 cm³/mol. The molecule has 0 aromatic carbocycles. The first kappa shape index (κ1) is 24.4. The van der Waals surface area contributed by atoms with E-state index in [-0.39, 0.29) is 40.5 Å². The van der Waals surface area contributed by atoms with Gasteiger partial charge in [-0.05, 0) is 99.7 Å². The molecule has 0 bridgehead atoms. The van der Waals surface area contributed by atoms with E-state index in [4.69, 9.17) is 15.2 Å². The quantitative estimate of drug-likeness (QED) is 0.561. The van der Waals surface area contributed by atoms with Gasteiger partial charge in [-0.25, -0.2) is 4.79 Å². The third kappa shape index (κ3) is 3.44. The van der Waals surface area contributed by atoms with Crippen LogP contribution in [0, 0.1) is 40.4 Å². The highest BCUT2D eigenvalue weighted by atomic mass is 16.6. The number of carbonyl (C=O) groups is 2. The fourth-order valence-corrected chi connectivity index (χ4v) is 9.60. The molecular formula is C28H46N2O4. The van der Waals surface area contributed by atoms with Crippen molar-refractivity contribution in [1.29, 1.82) is 0 Å².